The highest BCUT2D eigenvalue weighted by molar-refractivity contribution is 9.10. The number of thiazole rings is 1. The quantitative estimate of drug-likeness (QED) is 0.299. The van der Waals surface area contributed by atoms with Crippen molar-refractivity contribution >= 4 is 50.9 Å². The third-order valence-electron chi connectivity index (χ3n) is 6.45. The summed E-state index contributed by atoms with van der Waals surface area (Å²) in [5, 5.41) is 0. The van der Waals surface area contributed by atoms with E-state index in [2.05, 4.69) is 15.9 Å². The van der Waals surface area contributed by atoms with E-state index in [9.17, 15) is 9.59 Å². The van der Waals surface area contributed by atoms with E-state index in [1.807, 2.05) is 61.5 Å². The third-order valence-corrected chi connectivity index (χ3v) is 8.00. The fourth-order valence-electron chi connectivity index (χ4n) is 4.72. The lowest BCUT2D eigenvalue weighted by Gasteiger charge is -2.26. The number of ether oxygens (including phenoxy) is 3. The maximum atomic E-state index is 14.0. The molecule has 0 radical (unpaired) electrons. The first-order chi connectivity index (χ1) is 19.4. The van der Waals surface area contributed by atoms with Crippen molar-refractivity contribution in [3.8, 4) is 11.5 Å². The number of esters is 1. The van der Waals surface area contributed by atoms with Gasteiger partial charge < -0.3 is 23.5 Å². The number of fused-ring (bicyclic) bond motifs is 2. The van der Waals surface area contributed by atoms with Crippen molar-refractivity contribution in [3.63, 3.8) is 0 Å². The molecule has 6 rings (SSSR count). The number of aromatic nitrogens is 1. The summed E-state index contributed by atoms with van der Waals surface area (Å²) in [7, 11) is 3.74. The van der Waals surface area contributed by atoms with Crippen LogP contribution in [0, 0.1) is 0 Å². The van der Waals surface area contributed by atoms with Gasteiger partial charge in [0, 0.05) is 31.8 Å². The molecule has 0 bridgehead atoms. The number of halogens is 1. The molecule has 0 N–H and O–H groups in total. The summed E-state index contributed by atoms with van der Waals surface area (Å²) in [5.41, 5.74) is 1.81. The van der Waals surface area contributed by atoms with E-state index in [0.717, 1.165) is 10.0 Å². The van der Waals surface area contributed by atoms with Gasteiger partial charge in [0.15, 0.2) is 16.3 Å². The van der Waals surface area contributed by atoms with Gasteiger partial charge in [0.05, 0.1) is 32.9 Å². The molecule has 0 unspecified atom stereocenters. The maximum Gasteiger partial charge on any atom is 0.338 e. The van der Waals surface area contributed by atoms with Crippen molar-refractivity contribution in [2.24, 2.45) is 4.99 Å². The van der Waals surface area contributed by atoms with Crippen LogP contribution in [0.2, 0.25) is 0 Å². The minimum atomic E-state index is -0.817. The van der Waals surface area contributed by atoms with Gasteiger partial charge >= 0.3 is 5.97 Å². The Bertz CT molecular complexity index is 1840. The van der Waals surface area contributed by atoms with Crippen LogP contribution in [0.4, 0.5) is 5.88 Å². The average molecular weight is 622 g/mol. The second-order valence-corrected chi connectivity index (χ2v) is 11.1. The van der Waals surface area contributed by atoms with Crippen LogP contribution in [0.25, 0.3) is 11.8 Å². The van der Waals surface area contributed by atoms with Gasteiger partial charge in [-0.1, -0.05) is 47.7 Å². The highest BCUT2D eigenvalue weighted by Crippen LogP contribution is 2.40. The topological polar surface area (TPSA) is 95.5 Å². The van der Waals surface area contributed by atoms with E-state index in [0.29, 0.717) is 43.7 Å². The molecular formula is C29H24BrN3O6S. The lowest BCUT2D eigenvalue weighted by molar-refractivity contribution is -0.138. The Balaban J connectivity index is 1.63. The van der Waals surface area contributed by atoms with Gasteiger partial charge in [-0.3, -0.25) is 9.36 Å². The zero-order valence-electron chi connectivity index (χ0n) is 21.8. The average Bonchev–Trinajstić information content (AvgIpc) is 3.65. The summed E-state index contributed by atoms with van der Waals surface area (Å²) in [6.45, 7) is 2.02. The zero-order valence-corrected chi connectivity index (χ0v) is 24.2. The van der Waals surface area contributed by atoms with E-state index >= 15 is 0 Å². The Hall–Kier alpha value is -4.09. The fourth-order valence-corrected chi connectivity index (χ4v) is 6.36. The van der Waals surface area contributed by atoms with Crippen LogP contribution >= 0.6 is 27.3 Å². The molecule has 204 valence electrons. The minimum Gasteiger partial charge on any atom is -0.463 e. The Morgan fingerprint density at radius 2 is 1.95 bits per heavy atom. The number of hydrogen-bond acceptors (Lipinski definition) is 9. The molecule has 1 atom stereocenters. The smallest absolute Gasteiger partial charge is 0.338 e. The van der Waals surface area contributed by atoms with Gasteiger partial charge in [-0.15, -0.1) is 0 Å². The monoisotopic (exact) mass is 621 g/mol. The summed E-state index contributed by atoms with van der Waals surface area (Å²) in [5.74, 6) is 1.73. The molecule has 0 saturated carbocycles. The van der Waals surface area contributed by atoms with Crippen molar-refractivity contribution in [2.75, 3.05) is 32.4 Å². The molecule has 4 heterocycles. The maximum absolute atomic E-state index is 14.0. The fraction of sp³-hybridized carbons (Fsp3) is 0.207. The highest BCUT2D eigenvalue weighted by Gasteiger charge is 2.36. The third kappa shape index (κ3) is 4.54. The molecule has 9 nitrogen and oxygen atoms in total. The standard InChI is InChI=1S/C29H24BrN3O6S/c1-4-36-28(35)23-24(16-8-6-5-7-9-16)31-29-33(25(23)17-10-11-20-21(12-17)38-15-37-20)26(34)22(40-29)14-18-13-19(30)27(39-18)32(2)3/h5-14,25H,4,15H2,1-3H3/b22-14+/t25-/m0/s1. The van der Waals surface area contributed by atoms with E-state index in [-0.39, 0.29) is 24.5 Å². The van der Waals surface area contributed by atoms with E-state index in [1.165, 1.54) is 15.9 Å². The van der Waals surface area contributed by atoms with Crippen molar-refractivity contribution in [1.29, 1.82) is 0 Å². The summed E-state index contributed by atoms with van der Waals surface area (Å²) >= 11 is 4.74. The number of carbonyl (C=O) groups is 1. The Kier molecular flexibility index (Phi) is 6.85. The first-order valence-corrected chi connectivity index (χ1v) is 14.1. The molecule has 2 aromatic carbocycles. The zero-order chi connectivity index (χ0) is 28.0. The molecule has 0 saturated heterocycles. The van der Waals surface area contributed by atoms with Gasteiger partial charge in [0.1, 0.15) is 5.76 Å². The summed E-state index contributed by atoms with van der Waals surface area (Å²) in [4.78, 5) is 34.7. The molecule has 11 heteroatoms. The molecule has 0 fully saturated rings. The molecule has 0 aliphatic carbocycles. The van der Waals surface area contributed by atoms with Crippen LogP contribution in [0.1, 0.15) is 29.9 Å². The van der Waals surface area contributed by atoms with Crippen LogP contribution in [-0.2, 0) is 9.53 Å². The number of carbonyl (C=O) groups excluding carboxylic acids is 1. The molecule has 4 aromatic rings. The lowest BCUT2D eigenvalue weighted by atomic mass is 9.93. The largest absolute Gasteiger partial charge is 0.463 e. The summed E-state index contributed by atoms with van der Waals surface area (Å²) in [6, 6.07) is 15.8. The molecule has 0 spiro atoms. The van der Waals surface area contributed by atoms with E-state index in [4.69, 9.17) is 23.6 Å². The predicted octanol–water partition coefficient (Wildman–Crippen LogP) is 4.09. The number of nitrogens with zero attached hydrogens (tertiary/aromatic N) is 3. The predicted molar refractivity (Wildman–Crippen MR) is 154 cm³/mol. The van der Waals surface area contributed by atoms with Gasteiger partial charge in [0.25, 0.3) is 5.56 Å². The molecule has 0 amide bonds. The SMILES string of the molecule is CCOC(=O)C1=C(c2ccccc2)N=c2s/c(=C/c3cc(Br)c(N(C)C)o3)c(=O)n2[C@H]1c1ccc2c(c1)OCO2. The van der Waals surface area contributed by atoms with Crippen LogP contribution in [0.5, 0.6) is 11.5 Å². The first-order valence-electron chi connectivity index (χ1n) is 12.5. The summed E-state index contributed by atoms with van der Waals surface area (Å²) in [6.07, 6.45) is 1.69. The first kappa shape index (κ1) is 26.1. The Morgan fingerprint density at radius 1 is 1.18 bits per heavy atom. The summed E-state index contributed by atoms with van der Waals surface area (Å²) < 4.78 is 25.3. The molecule has 2 aliphatic rings. The normalized spacial score (nSPS) is 16.1. The Labute approximate surface area is 241 Å². The van der Waals surface area contributed by atoms with Crippen molar-refractivity contribution in [2.45, 2.75) is 13.0 Å². The van der Waals surface area contributed by atoms with Gasteiger partial charge in [0.2, 0.25) is 12.7 Å². The molecular weight excluding hydrogens is 598 g/mol. The van der Waals surface area contributed by atoms with Crippen LogP contribution in [-0.4, -0.2) is 38.0 Å². The molecule has 2 aromatic heterocycles. The van der Waals surface area contributed by atoms with Crippen LogP contribution in [0.15, 0.2) is 78.8 Å². The van der Waals surface area contributed by atoms with Crippen molar-refractivity contribution < 1.29 is 23.4 Å². The van der Waals surface area contributed by atoms with Crippen molar-refractivity contribution in [3.05, 3.63) is 101 Å². The van der Waals surface area contributed by atoms with E-state index < -0.39 is 12.0 Å². The second kappa shape index (κ2) is 10.5. The number of hydrogen-bond donors (Lipinski definition) is 0. The van der Waals surface area contributed by atoms with Crippen LogP contribution in [0.3, 0.4) is 0 Å². The van der Waals surface area contributed by atoms with Crippen molar-refractivity contribution in [1.82, 2.24) is 4.57 Å². The van der Waals surface area contributed by atoms with Crippen LogP contribution < -0.4 is 29.3 Å². The lowest BCUT2D eigenvalue weighted by Crippen LogP contribution is -2.40. The van der Waals surface area contributed by atoms with E-state index in [1.54, 1.807) is 25.1 Å². The second-order valence-electron chi connectivity index (χ2n) is 9.24. The Morgan fingerprint density at radius 3 is 2.67 bits per heavy atom. The minimum absolute atomic E-state index is 0.102. The molecule has 2 aliphatic heterocycles. The highest BCUT2D eigenvalue weighted by atomic mass is 79.9. The van der Waals surface area contributed by atoms with Gasteiger partial charge in [-0.25, -0.2) is 9.79 Å². The number of rotatable bonds is 6. The number of furan rings is 1. The molecule has 40 heavy (non-hydrogen) atoms. The van der Waals surface area contributed by atoms with Gasteiger partial charge in [-0.2, -0.15) is 0 Å². The number of anilines is 1. The number of benzene rings is 2. The van der Waals surface area contributed by atoms with Gasteiger partial charge in [-0.05, 0) is 40.5 Å².